The molecule has 1 saturated heterocycles. The van der Waals surface area contributed by atoms with E-state index in [1.54, 1.807) is 18.2 Å². The predicted octanol–water partition coefficient (Wildman–Crippen LogP) is 3.35. The highest BCUT2D eigenvalue weighted by atomic mass is 32.2. The third-order valence-corrected chi connectivity index (χ3v) is 5.72. The van der Waals surface area contributed by atoms with E-state index < -0.39 is 24.3 Å². The molecule has 2 rings (SSSR count). The van der Waals surface area contributed by atoms with E-state index in [9.17, 15) is 9.59 Å². The van der Waals surface area contributed by atoms with E-state index in [0.717, 1.165) is 11.0 Å². The monoisotopic (exact) mass is 391 g/mol. The lowest BCUT2D eigenvalue weighted by Gasteiger charge is -2.32. The van der Waals surface area contributed by atoms with E-state index in [-0.39, 0.29) is 5.12 Å². The number of hydrogen-bond acceptors (Lipinski definition) is 7. The third kappa shape index (κ3) is 4.94. The number of methoxy groups -OCH3 is 1. The molecule has 0 atom stereocenters. The molecule has 8 heteroatoms. The van der Waals surface area contributed by atoms with Crippen molar-refractivity contribution in [1.29, 1.82) is 0 Å². The van der Waals surface area contributed by atoms with Gasteiger partial charge in [0.15, 0.2) is 5.12 Å². The van der Waals surface area contributed by atoms with Crippen molar-refractivity contribution in [3.8, 4) is 0 Å². The number of nitrogens with two attached hydrogens (primary N) is 1. The fourth-order valence-corrected chi connectivity index (χ4v) is 3.11. The van der Waals surface area contributed by atoms with Gasteiger partial charge in [-0.3, -0.25) is 4.79 Å². The van der Waals surface area contributed by atoms with Gasteiger partial charge in [0.05, 0.1) is 23.9 Å². The highest BCUT2D eigenvalue weighted by Crippen LogP contribution is 2.39. The molecule has 0 aliphatic carbocycles. The first-order valence-electron chi connectivity index (χ1n) is 8.64. The number of rotatable bonds is 5. The highest BCUT2D eigenvalue weighted by molar-refractivity contribution is 8.13. The number of ether oxygens (including phenoxy) is 1. The molecule has 1 heterocycles. The smallest absolute Gasteiger partial charge is 0.465 e. The largest absolute Gasteiger partial charge is 0.491 e. The highest BCUT2D eigenvalue weighted by Gasteiger charge is 2.52. The molecule has 1 aromatic rings. The fraction of sp³-hybridized carbons (Fsp3) is 0.474. The maximum absolute atomic E-state index is 11.9. The summed E-state index contributed by atoms with van der Waals surface area (Å²) >= 11 is 1.18. The Hall–Kier alpha value is -1.77. The maximum atomic E-state index is 11.9. The van der Waals surface area contributed by atoms with Crippen LogP contribution in [-0.4, -0.2) is 42.3 Å². The molecule has 1 aliphatic rings. The van der Waals surface area contributed by atoms with Crippen LogP contribution < -0.4 is 5.73 Å². The molecule has 1 aliphatic heterocycles. The zero-order valence-electron chi connectivity index (χ0n) is 16.6. The first-order chi connectivity index (χ1) is 12.5. The number of nitrogen functional groups attached to an aromatic ring is 1. The van der Waals surface area contributed by atoms with Crippen LogP contribution in [-0.2, 0) is 18.8 Å². The van der Waals surface area contributed by atoms with Gasteiger partial charge in [0.2, 0.25) is 0 Å². The number of hydrogen-bond donors (Lipinski definition) is 1. The minimum atomic E-state index is -0.582. The van der Waals surface area contributed by atoms with Crippen molar-refractivity contribution in [3.05, 3.63) is 34.8 Å². The average Bonchev–Trinajstić information content (AvgIpc) is 2.79. The van der Waals surface area contributed by atoms with E-state index in [4.69, 9.17) is 19.8 Å². The number of carbonyl (C=O) groups excluding carboxylic acids is 2. The Balaban J connectivity index is 2.40. The van der Waals surface area contributed by atoms with Crippen LogP contribution in [0.3, 0.4) is 0 Å². The SMILES string of the molecule is COC(=O)c1cc(C=C(CSC(C)=O)B2OC(C)(C)C(C)(C)O2)ccc1N. The Kier molecular flexibility index (Phi) is 6.45. The number of thioether (sulfide) groups is 1. The summed E-state index contributed by atoms with van der Waals surface area (Å²) in [6.07, 6.45) is 1.87. The van der Waals surface area contributed by atoms with Gasteiger partial charge >= 0.3 is 13.1 Å². The average molecular weight is 391 g/mol. The molecule has 1 aromatic carbocycles. The van der Waals surface area contributed by atoms with Crippen LogP contribution in [0.5, 0.6) is 0 Å². The topological polar surface area (TPSA) is 87.9 Å². The van der Waals surface area contributed by atoms with Gasteiger partial charge in [-0.1, -0.05) is 23.9 Å². The van der Waals surface area contributed by atoms with Crippen LogP contribution in [0.25, 0.3) is 6.08 Å². The summed E-state index contributed by atoms with van der Waals surface area (Å²) in [5, 5.41) is 0.00460. The van der Waals surface area contributed by atoms with Crippen molar-refractivity contribution in [2.24, 2.45) is 0 Å². The molecule has 0 unspecified atom stereocenters. The molecule has 1 fully saturated rings. The summed E-state index contributed by atoms with van der Waals surface area (Å²) in [7, 11) is 0.727. The lowest BCUT2D eigenvalue weighted by Crippen LogP contribution is -2.41. The predicted molar refractivity (Wildman–Crippen MR) is 109 cm³/mol. The molecule has 6 nitrogen and oxygen atoms in total. The van der Waals surface area contributed by atoms with Gasteiger partial charge in [0.1, 0.15) is 0 Å². The van der Waals surface area contributed by atoms with Gasteiger partial charge in [-0.25, -0.2) is 4.79 Å². The molecule has 146 valence electrons. The lowest BCUT2D eigenvalue weighted by molar-refractivity contribution is -0.109. The van der Waals surface area contributed by atoms with Gasteiger partial charge in [-0.15, -0.1) is 0 Å². The quantitative estimate of drug-likeness (QED) is 0.468. The fourth-order valence-electron chi connectivity index (χ4n) is 2.52. The van der Waals surface area contributed by atoms with Crippen LogP contribution >= 0.6 is 11.8 Å². The molecule has 0 radical (unpaired) electrons. The summed E-state index contributed by atoms with van der Waals surface area (Å²) in [5.74, 6) is -0.0811. The molecule has 0 saturated carbocycles. The number of anilines is 1. The Labute approximate surface area is 164 Å². The number of benzene rings is 1. The number of esters is 1. The van der Waals surface area contributed by atoms with Gasteiger partial charge in [-0.2, -0.15) is 0 Å². The van der Waals surface area contributed by atoms with Crippen molar-refractivity contribution < 1.29 is 23.6 Å². The molecule has 0 bridgehead atoms. The number of carbonyl (C=O) groups is 2. The normalized spacial score (nSPS) is 18.4. The maximum Gasteiger partial charge on any atom is 0.491 e. The van der Waals surface area contributed by atoms with Gasteiger partial charge in [0.25, 0.3) is 0 Å². The summed E-state index contributed by atoms with van der Waals surface area (Å²) < 4.78 is 17.0. The van der Waals surface area contributed by atoms with Crippen molar-refractivity contribution in [2.45, 2.75) is 45.8 Å². The van der Waals surface area contributed by atoms with Crippen LogP contribution in [0, 0.1) is 0 Å². The lowest BCUT2D eigenvalue weighted by atomic mass is 9.78. The molecule has 0 amide bonds. The zero-order chi connectivity index (χ0) is 20.4. The first kappa shape index (κ1) is 21.5. The van der Waals surface area contributed by atoms with Crippen LogP contribution in [0.2, 0.25) is 0 Å². The second kappa shape index (κ2) is 8.08. The second-order valence-corrected chi connectivity index (χ2v) is 8.58. The Morgan fingerprint density at radius 2 is 1.81 bits per heavy atom. The molecule has 2 N–H and O–H groups in total. The van der Waals surface area contributed by atoms with Crippen molar-refractivity contribution >= 4 is 41.7 Å². The molecule has 0 spiro atoms. The minimum absolute atomic E-state index is 0.00460. The molecule has 0 aromatic heterocycles. The van der Waals surface area contributed by atoms with Gasteiger partial charge < -0.3 is 19.8 Å². The summed E-state index contributed by atoms with van der Waals surface area (Å²) in [6.45, 7) is 9.41. The van der Waals surface area contributed by atoms with Gasteiger partial charge in [0, 0.05) is 18.4 Å². The first-order valence-corrected chi connectivity index (χ1v) is 9.62. The van der Waals surface area contributed by atoms with Crippen LogP contribution in [0.15, 0.2) is 23.7 Å². The third-order valence-electron chi connectivity index (χ3n) is 4.83. The van der Waals surface area contributed by atoms with E-state index in [0.29, 0.717) is 17.0 Å². The van der Waals surface area contributed by atoms with E-state index in [2.05, 4.69) is 0 Å². The Morgan fingerprint density at radius 1 is 1.22 bits per heavy atom. The second-order valence-electron chi connectivity index (χ2n) is 7.43. The molecular weight excluding hydrogens is 365 g/mol. The Morgan fingerprint density at radius 3 is 2.33 bits per heavy atom. The minimum Gasteiger partial charge on any atom is -0.465 e. The van der Waals surface area contributed by atoms with Crippen LogP contribution in [0.4, 0.5) is 5.69 Å². The summed E-state index contributed by atoms with van der Waals surface area (Å²) in [4.78, 5) is 23.4. The van der Waals surface area contributed by atoms with E-state index in [1.807, 2.05) is 33.8 Å². The van der Waals surface area contributed by atoms with Crippen LogP contribution in [0.1, 0.15) is 50.5 Å². The summed E-state index contributed by atoms with van der Waals surface area (Å²) in [5.41, 5.74) is 7.07. The van der Waals surface area contributed by atoms with Crippen molar-refractivity contribution in [2.75, 3.05) is 18.6 Å². The Bertz CT molecular complexity index is 759. The summed E-state index contributed by atoms with van der Waals surface area (Å²) in [6, 6.07) is 5.11. The molecular formula is C19H26BNO5S. The van der Waals surface area contributed by atoms with Gasteiger partial charge in [-0.05, 0) is 50.9 Å². The molecule has 27 heavy (non-hydrogen) atoms. The van der Waals surface area contributed by atoms with E-state index in [1.165, 1.54) is 25.8 Å². The van der Waals surface area contributed by atoms with Crippen molar-refractivity contribution in [1.82, 2.24) is 0 Å². The zero-order valence-corrected chi connectivity index (χ0v) is 17.4. The van der Waals surface area contributed by atoms with E-state index >= 15 is 0 Å². The van der Waals surface area contributed by atoms with Crippen molar-refractivity contribution in [3.63, 3.8) is 0 Å². The standard InChI is InChI=1S/C19H26BNO5S/c1-12(22)27-11-14(20-25-18(2,3)19(4,5)26-20)9-13-7-8-16(21)15(10-13)17(23)24-6/h7-10H,11,21H2,1-6H3.